The number of ether oxygens (including phenoxy) is 2. The number of carbonyl (C=O) groups is 3. The van der Waals surface area contributed by atoms with Gasteiger partial charge in [0, 0.05) is 6.08 Å². The van der Waals surface area contributed by atoms with E-state index in [2.05, 4.69) is 10.1 Å². The van der Waals surface area contributed by atoms with Crippen molar-refractivity contribution < 1.29 is 34.1 Å². The quantitative estimate of drug-likeness (QED) is 0.350. The number of benzene rings is 1. The van der Waals surface area contributed by atoms with Crippen LogP contribution in [0.2, 0.25) is 0 Å². The molecule has 134 valence electrons. The Hall–Kier alpha value is -3.07. The van der Waals surface area contributed by atoms with Crippen LogP contribution in [0.5, 0.6) is 11.5 Å². The molecule has 0 spiro atoms. The Kier molecular flexibility index (Phi) is 5.60. The molecule has 9 nitrogen and oxygen atoms in total. The van der Waals surface area contributed by atoms with Gasteiger partial charge in [0.1, 0.15) is 5.70 Å². The van der Waals surface area contributed by atoms with E-state index >= 15 is 0 Å². The molecular formula is C16H18N2O7. The number of nitrogens with one attached hydrogen (secondary N) is 1. The summed E-state index contributed by atoms with van der Waals surface area (Å²) in [6.07, 6.45) is 1.00. The first-order valence-electron chi connectivity index (χ1n) is 7.33. The maximum atomic E-state index is 12.2. The van der Waals surface area contributed by atoms with Crippen molar-refractivity contribution in [1.29, 1.82) is 0 Å². The zero-order valence-corrected chi connectivity index (χ0v) is 13.7. The zero-order valence-electron chi connectivity index (χ0n) is 13.7. The van der Waals surface area contributed by atoms with Crippen LogP contribution in [-0.4, -0.2) is 60.3 Å². The number of amides is 2. The molecule has 2 rings (SSSR count). The van der Waals surface area contributed by atoms with E-state index in [4.69, 9.17) is 9.84 Å². The first kappa shape index (κ1) is 18.3. The highest BCUT2D eigenvalue weighted by atomic mass is 16.5. The zero-order chi connectivity index (χ0) is 18.6. The number of rotatable bonds is 7. The molecule has 0 saturated carbocycles. The third-order valence-corrected chi connectivity index (χ3v) is 3.53. The number of nitrogens with zero attached hydrogens (tertiary/aromatic N) is 1. The standard InChI is InChI=1S/C16H18N2O7/c1-24-12-6-9(7-14(21)25-2)5-10(15(12)22)17-11-8-13(20)18(3-4-19)16(11)23/h5-6,8,17,19,22H,3-4,7H2,1-2H3. The summed E-state index contributed by atoms with van der Waals surface area (Å²) in [6, 6.07) is 2.91. The number of anilines is 1. The highest BCUT2D eigenvalue weighted by molar-refractivity contribution is 6.17. The highest BCUT2D eigenvalue weighted by Gasteiger charge is 2.31. The molecule has 1 aliphatic rings. The van der Waals surface area contributed by atoms with Crippen LogP contribution in [0, 0.1) is 0 Å². The van der Waals surface area contributed by atoms with Gasteiger partial charge in [0.2, 0.25) is 0 Å². The number of phenols is 1. The summed E-state index contributed by atoms with van der Waals surface area (Å²) in [5, 5.41) is 21.8. The third kappa shape index (κ3) is 3.89. The molecule has 0 saturated heterocycles. The van der Waals surface area contributed by atoms with Crippen LogP contribution in [0.25, 0.3) is 0 Å². The second kappa shape index (κ2) is 7.67. The van der Waals surface area contributed by atoms with Crippen LogP contribution in [0.3, 0.4) is 0 Å². The lowest BCUT2D eigenvalue weighted by atomic mass is 10.1. The van der Waals surface area contributed by atoms with Crippen LogP contribution in [0.15, 0.2) is 23.9 Å². The Morgan fingerprint density at radius 1 is 1.28 bits per heavy atom. The van der Waals surface area contributed by atoms with Crippen LogP contribution < -0.4 is 10.1 Å². The van der Waals surface area contributed by atoms with E-state index in [-0.39, 0.29) is 42.5 Å². The molecule has 0 aliphatic carbocycles. The number of esters is 1. The molecular weight excluding hydrogens is 332 g/mol. The van der Waals surface area contributed by atoms with E-state index in [9.17, 15) is 19.5 Å². The first-order valence-corrected chi connectivity index (χ1v) is 7.33. The largest absolute Gasteiger partial charge is 0.503 e. The van der Waals surface area contributed by atoms with Gasteiger partial charge in [-0.05, 0) is 17.7 Å². The Balaban J connectivity index is 2.31. The average molecular weight is 350 g/mol. The van der Waals surface area contributed by atoms with Crippen molar-refractivity contribution in [3.8, 4) is 11.5 Å². The van der Waals surface area contributed by atoms with Gasteiger partial charge in [-0.2, -0.15) is 0 Å². The monoisotopic (exact) mass is 350 g/mol. The Morgan fingerprint density at radius 2 is 2.00 bits per heavy atom. The molecule has 9 heteroatoms. The average Bonchev–Trinajstić information content (AvgIpc) is 2.85. The Bertz CT molecular complexity index is 742. The summed E-state index contributed by atoms with van der Waals surface area (Å²) in [6.45, 7) is -0.483. The number of hydrogen-bond acceptors (Lipinski definition) is 8. The van der Waals surface area contributed by atoms with Crippen molar-refractivity contribution >= 4 is 23.5 Å². The second-order valence-corrected chi connectivity index (χ2v) is 5.15. The fraction of sp³-hybridized carbons (Fsp3) is 0.312. The molecule has 1 heterocycles. The predicted molar refractivity (Wildman–Crippen MR) is 85.9 cm³/mol. The summed E-state index contributed by atoms with van der Waals surface area (Å²) in [5.41, 5.74) is 0.510. The highest BCUT2D eigenvalue weighted by Crippen LogP contribution is 2.37. The van der Waals surface area contributed by atoms with E-state index in [1.807, 2.05) is 0 Å². The van der Waals surface area contributed by atoms with Gasteiger partial charge in [0.15, 0.2) is 11.5 Å². The lowest BCUT2D eigenvalue weighted by molar-refractivity contribution is -0.140. The van der Waals surface area contributed by atoms with Gasteiger partial charge in [0.25, 0.3) is 11.8 Å². The lowest BCUT2D eigenvalue weighted by Gasteiger charge is -2.15. The Labute approximate surface area is 143 Å². The minimum atomic E-state index is -0.629. The van der Waals surface area contributed by atoms with E-state index in [1.165, 1.54) is 26.4 Å². The molecule has 1 aromatic carbocycles. The van der Waals surface area contributed by atoms with E-state index in [0.717, 1.165) is 11.0 Å². The molecule has 0 bridgehead atoms. The van der Waals surface area contributed by atoms with Crippen LogP contribution in [0.1, 0.15) is 5.56 Å². The number of aliphatic hydroxyl groups is 1. The lowest BCUT2D eigenvalue weighted by Crippen LogP contribution is -2.34. The maximum absolute atomic E-state index is 12.2. The molecule has 0 atom stereocenters. The van der Waals surface area contributed by atoms with Crippen molar-refractivity contribution in [3.63, 3.8) is 0 Å². The smallest absolute Gasteiger partial charge is 0.309 e. The molecule has 0 unspecified atom stereocenters. The SMILES string of the molecule is COC(=O)Cc1cc(NC2=CC(=O)N(CCO)C2=O)c(O)c(OC)c1. The third-order valence-electron chi connectivity index (χ3n) is 3.53. The molecule has 3 N–H and O–H groups in total. The molecule has 0 aromatic heterocycles. The fourth-order valence-electron chi connectivity index (χ4n) is 2.31. The maximum Gasteiger partial charge on any atom is 0.309 e. The van der Waals surface area contributed by atoms with E-state index in [1.54, 1.807) is 0 Å². The molecule has 2 amide bonds. The van der Waals surface area contributed by atoms with Crippen molar-refractivity contribution in [2.24, 2.45) is 0 Å². The number of β-amino-alcohol motifs (C(OH)–C–C–N with tert-alkyl or cyclic N) is 1. The van der Waals surface area contributed by atoms with Crippen LogP contribution >= 0.6 is 0 Å². The van der Waals surface area contributed by atoms with E-state index < -0.39 is 17.8 Å². The van der Waals surface area contributed by atoms with Gasteiger partial charge in [0.05, 0.1) is 39.5 Å². The van der Waals surface area contributed by atoms with Crippen LogP contribution in [-0.2, 0) is 25.5 Å². The fourth-order valence-corrected chi connectivity index (χ4v) is 2.31. The molecule has 0 radical (unpaired) electrons. The van der Waals surface area contributed by atoms with Gasteiger partial charge in [-0.15, -0.1) is 0 Å². The summed E-state index contributed by atoms with van der Waals surface area (Å²) in [4.78, 5) is 36.2. The number of imide groups is 1. The van der Waals surface area contributed by atoms with Gasteiger partial charge in [-0.1, -0.05) is 0 Å². The number of carbonyl (C=O) groups excluding carboxylic acids is 3. The van der Waals surface area contributed by atoms with Crippen molar-refractivity contribution in [2.75, 3.05) is 32.7 Å². The van der Waals surface area contributed by atoms with E-state index in [0.29, 0.717) is 5.56 Å². The number of hydrogen-bond donors (Lipinski definition) is 3. The normalized spacial score (nSPS) is 13.7. The van der Waals surface area contributed by atoms with Gasteiger partial charge in [-0.3, -0.25) is 19.3 Å². The van der Waals surface area contributed by atoms with Crippen molar-refractivity contribution in [3.05, 3.63) is 29.5 Å². The summed E-state index contributed by atoms with van der Waals surface area (Å²) < 4.78 is 9.66. The number of phenolic OH excluding ortho intramolecular Hbond substituents is 1. The number of aliphatic hydroxyl groups excluding tert-OH is 1. The Morgan fingerprint density at radius 3 is 2.60 bits per heavy atom. The molecule has 1 aliphatic heterocycles. The van der Waals surface area contributed by atoms with Gasteiger partial charge < -0.3 is 25.0 Å². The van der Waals surface area contributed by atoms with Crippen LogP contribution in [0.4, 0.5) is 5.69 Å². The van der Waals surface area contributed by atoms with Gasteiger partial charge in [-0.25, -0.2) is 0 Å². The minimum Gasteiger partial charge on any atom is -0.503 e. The number of aromatic hydroxyl groups is 1. The summed E-state index contributed by atoms with van der Waals surface area (Å²) >= 11 is 0. The van der Waals surface area contributed by atoms with Crippen molar-refractivity contribution in [1.82, 2.24) is 4.90 Å². The summed E-state index contributed by atoms with van der Waals surface area (Å²) in [7, 11) is 2.59. The predicted octanol–water partition coefficient (Wildman–Crippen LogP) is -0.227. The topological polar surface area (TPSA) is 125 Å². The minimum absolute atomic E-state index is 0.0639. The molecule has 0 fully saturated rings. The molecule has 25 heavy (non-hydrogen) atoms. The second-order valence-electron chi connectivity index (χ2n) is 5.15. The number of methoxy groups -OCH3 is 2. The first-order chi connectivity index (χ1) is 11.9. The summed E-state index contributed by atoms with van der Waals surface area (Å²) in [5.74, 6) is -1.87. The van der Waals surface area contributed by atoms with Gasteiger partial charge >= 0.3 is 5.97 Å². The molecule has 1 aromatic rings. The van der Waals surface area contributed by atoms with Crippen molar-refractivity contribution in [2.45, 2.75) is 6.42 Å².